The molecule has 0 amide bonds. The molecular weight excluding hydrogens is 455 g/mol. The van der Waals surface area contributed by atoms with Crippen LogP contribution in [-0.2, 0) is 10.0 Å². The fourth-order valence-electron chi connectivity index (χ4n) is 3.71. The van der Waals surface area contributed by atoms with Gasteiger partial charge in [-0.15, -0.1) is 5.10 Å². The maximum Gasteiger partial charge on any atom is 0.265 e. The number of methoxy groups -OCH3 is 1. The number of aromatic nitrogens is 4. The van der Waals surface area contributed by atoms with E-state index < -0.39 is 22.5 Å². The number of halogens is 1. The molecule has 1 fully saturated rings. The first-order chi connectivity index (χ1) is 15.8. The molecule has 2 aromatic carbocycles. The molecule has 0 unspecified atom stereocenters. The van der Waals surface area contributed by atoms with Crippen LogP contribution in [0.15, 0.2) is 47.6 Å². The number of tetrazole rings is 1. The van der Waals surface area contributed by atoms with Crippen molar-refractivity contribution in [2.45, 2.75) is 30.2 Å². The molecule has 13 heteroatoms. The average molecular weight is 479 g/mol. The van der Waals surface area contributed by atoms with Gasteiger partial charge < -0.3 is 19.8 Å². The summed E-state index contributed by atoms with van der Waals surface area (Å²) in [5.41, 5.74) is 1.15. The molecule has 0 spiro atoms. The Morgan fingerprint density at radius 1 is 1.24 bits per heavy atom. The van der Waals surface area contributed by atoms with E-state index in [9.17, 15) is 23.0 Å². The highest BCUT2D eigenvalue weighted by Crippen LogP contribution is 2.35. The van der Waals surface area contributed by atoms with Crippen molar-refractivity contribution < 1.29 is 27.8 Å². The van der Waals surface area contributed by atoms with Crippen LogP contribution in [0.4, 0.5) is 15.8 Å². The number of nitrogens with zero attached hydrogens (tertiary/aromatic N) is 5. The van der Waals surface area contributed by atoms with E-state index in [-0.39, 0.29) is 28.4 Å². The largest absolute Gasteiger partial charge is 0.495 e. The Labute approximate surface area is 189 Å². The minimum Gasteiger partial charge on any atom is -0.495 e. The van der Waals surface area contributed by atoms with E-state index in [1.165, 1.54) is 30.3 Å². The molecule has 1 atom stereocenters. The van der Waals surface area contributed by atoms with E-state index >= 15 is 0 Å². The summed E-state index contributed by atoms with van der Waals surface area (Å²) in [4.78, 5) is 1.50. The molecule has 1 aliphatic rings. The van der Waals surface area contributed by atoms with E-state index in [0.717, 1.165) is 6.07 Å². The molecule has 176 valence electrons. The summed E-state index contributed by atoms with van der Waals surface area (Å²) in [5.74, 6) is 0.0203. The molecule has 1 saturated heterocycles. The van der Waals surface area contributed by atoms with Gasteiger partial charge in [-0.25, -0.2) is 17.5 Å². The number of sulfonamides is 1. The Morgan fingerprint density at radius 2 is 2.06 bits per heavy atom. The van der Waals surface area contributed by atoms with Crippen molar-refractivity contribution >= 4 is 21.4 Å². The minimum atomic E-state index is -4.25. The second kappa shape index (κ2) is 9.29. The van der Waals surface area contributed by atoms with Crippen molar-refractivity contribution in [1.29, 1.82) is 0 Å². The number of ether oxygens (including phenoxy) is 1. The van der Waals surface area contributed by atoms with E-state index in [1.54, 1.807) is 23.1 Å². The number of benzene rings is 2. The summed E-state index contributed by atoms with van der Waals surface area (Å²) < 4.78 is 49.9. The molecular formula is C20H23FN6O5S. The van der Waals surface area contributed by atoms with Crippen LogP contribution in [0.25, 0.3) is 5.69 Å². The van der Waals surface area contributed by atoms with Crippen LogP contribution in [-0.4, -0.2) is 65.2 Å². The molecule has 0 saturated carbocycles. The van der Waals surface area contributed by atoms with Crippen LogP contribution in [0.3, 0.4) is 0 Å². The van der Waals surface area contributed by atoms with E-state index in [2.05, 4.69) is 20.2 Å². The Balaban J connectivity index is 1.78. The van der Waals surface area contributed by atoms with Crippen molar-refractivity contribution in [2.75, 3.05) is 29.8 Å². The molecule has 1 aromatic heterocycles. The Morgan fingerprint density at radius 3 is 2.73 bits per heavy atom. The second-order valence-corrected chi connectivity index (χ2v) is 9.18. The normalized spacial score (nSPS) is 16.8. The lowest BCUT2D eigenvalue weighted by Crippen LogP contribution is -2.37. The molecule has 3 N–H and O–H groups in total. The zero-order valence-corrected chi connectivity index (χ0v) is 18.5. The number of hydrogen-bond acceptors (Lipinski definition) is 9. The van der Waals surface area contributed by atoms with Gasteiger partial charge >= 0.3 is 0 Å². The molecule has 4 rings (SSSR count). The zero-order valence-electron chi connectivity index (χ0n) is 17.7. The predicted octanol–water partition coefficient (Wildman–Crippen LogP) is 1.39. The monoisotopic (exact) mass is 478 g/mol. The first-order valence-electron chi connectivity index (χ1n) is 10.1. The number of anilines is 2. The second-order valence-electron chi connectivity index (χ2n) is 7.53. The van der Waals surface area contributed by atoms with Gasteiger partial charge in [-0.05, 0) is 53.6 Å². The smallest absolute Gasteiger partial charge is 0.265 e. The molecule has 0 bridgehead atoms. The van der Waals surface area contributed by atoms with Crippen LogP contribution >= 0.6 is 0 Å². The van der Waals surface area contributed by atoms with Gasteiger partial charge in [-0.1, -0.05) is 6.07 Å². The average Bonchev–Trinajstić information content (AvgIpc) is 3.33. The number of nitrogens with one attached hydrogen (secondary N) is 1. The van der Waals surface area contributed by atoms with Crippen molar-refractivity contribution in [1.82, 2.24) is 20.2 Å². The summed E-state index contributed by atoms with van der Waals surface area (Å²) >= 11 is 0. The fraction of sp³-hybridized carbons (Fsp3) is 0.350. The van der Waals surface area contributed by atoms with Crippen LogP contribution < -0.4 is 14.4 Å². The Hall–Kier alpha value is -3.29. The third kappa shape index (κ3) is 4.89. The summed E-state index contributed by atoms with van der Waals surface area (Å²) in [5, 5.41) is 30.0. The first-order valence-corrected chi connectivity index (χ1v) is 11.6. The SMILES string of the molecule is COc1ccc(C(O)O)cc1S(=O)(=O)Nc1cc(-n2cnnn2)ccc1N1CCC[C@@H](F)C1. The van der Waals surface area contributed by atoms with Gasteiger partial charge in [0.2, 0.25) is 0 Å². The Kier molecular flexibility index (Phi) is 6.44. The zero-order chi connectivity index (χ0) is 23.6. The van der Waals surface area contributed by atoms with Gasteiger partial charge in [-0.2, -0.15) is 0 Å². The third-order valence-corrected chi connectivity index (χ3v) is 6.70. The van der Waals surface area contributed by atoms with E-state index in [1.807, 2.05) is 0 Å². The fourth-order valence-corrected chi connectivity index (χ4v) is 4.98. The molecule has 33 heavy (non-hydrogen) atoms. The number of rotatable bonds is 7. The van der Waals surface area contributed by atoms with Gasteiger partial charge in [0, 0.05) is 18.7 Å². The summed E-state index contributed by atoms with van der Waals surface area (Å²) in [6.07, 6.45) is -0.440. The van der Waals surface area contributed by atoms with Crippen LogP contribution in [0.5, 0.6) is 5.75 Å². The highest BCUT2D eigenvalue weighted by molar-refractivity contribution is 7.92. The number of alkyl halides is 1. The molecule has 0 radical (unpaired) electrons. The lowest BCUT2D eigenvalue weighted by Gasteiger charge is -2.32. The van der Waals surface area contributed by atoms with Crippen LogP contribution in [0.2, 0.25) is 0 Å². The quantitative estimate of drug-likeness (QED) is 0.429. The number of piperidine rings is 1. The predicted molar refractivity (Wildman–Crippen MR) is 116 cm³/mol. The van der Waals surface area contributed by atoms with Gasteiger partial charge in [0.1, 0.15) is 23.1 Å². The van der Waals surface area contributed by atoms with E-state index in [4.69, 9.17) is 4.74 Å². The molecule has 11 nitrogen and oxygen atoms in total. The lowest BCUT2D eigenvalue weighted by molar-refractivity contribution is -0.0426. The van der Waals surface area contributed by atoms with Crippen LogP contribution in [0, 0.1) is 0 Å². The number of aliphatic hydroxyl groups excluding tert-OH is 1. The highest BCUT2D eigenvalue weighted by atomic mass is 32.2. The van der Waals surface area contributed by atoms with Crippen molar-refractivity contribution in [3.63, 3.8) is 0 Å². The summed E-state index contributed by atoms with van der Waals surface area (Å²) in [6, 6.07) is 8.73. The standard InChI is InChI=1S/C20H23FN6O5S/c1-32-18-7-4-13(20(28)29)9-19(18)33(30,31)23-16-10-15(27-12-22-24-25-27)5-6-17(16)26-8-2-3-14(21)11-26/h4-7,9-10,12,14,20,23,28-29H,2-3,8,11H2,1H3/t14-/m1/s1. The van der Waals surface area contributed by atoms with E-state index in [0.29, 0.717) is 30.8 Å². The van der Waals surface area contributed by atoms with Gasteiger partial charge in [0.05, 0.1) is 24.2 Å². The molecule has 3 aromatic rings. The summed E-state index contributed by atoms with van der Waals surface area (Å²) in [7, 11) is -2.94. The Bertz CT molecular complexity index is 1220. The van der Waals surface area contributed by atoms with Gasteiger partial charge in [0.15, 0.2) is 6.29 Å². The van der Waals surface area contributed by atoms with Gasteiger partial charge in [0.25, 0.3) is 10.0 Å². The highest BCUT2D eigenvalue weighted by Gasteiger charge is 2.26. The van der Waals surface area contributed by atoms with Gasteiger partial charge in [-0.3, -0.25) is 4.72 Å². The van der Waals surface area contributed by atoms with Crippen LogP contribution in [0.1, 0.15) is 24.7 Å². The third-order valence-electron chi connectivity index (χ3n) is 5.32. The minimum absolute atomic E-state index is 0.0184. The number of aliphatic hydroxyl groups is 2. The van der Waals surface area contributed by atoms with Crippen molar-refractivity contribution in [3.05, 3.63) is 48.3 Å². The lowest BCUT2D eigenvalue weighted by atomic mass is 10.1. The maximum absolute atomic E-state index is 14.1. The maximum atomic E-state index is 14.1. The topological polar surface area (TPSA) is 143 Å². The molecule has 2 heterocycles. The van der Waals surface area contributed by atoms with Crippen molar-refractivity contribution in [2.24, 2.45) is 0 Å². The van der Waals surface area contributed by atoms with Crippen molar-refractivity contribution in [3.8, 4) is 11.4 Å². The molecule has 1 aliphatic heterocycles. The first kappa shape index (κ1) is 22.9. The summed E-state index contributed by atoms with van der Waals surface area (Å²) in [6.45, 7) is 0.698. The molecule has 0 aliphatic carbocycles. The number of hydrogen-bond donors (Lipinski definition) is 3.